The summed E-state index contributed by atoms with van der Waals surface area (Å²) in [4.78, 5) is 2.55. The second-order valence-electron chi connectivity index (χ2n) is 6.11. The topological polar surface area (TPSA) is 23.5 Å². The molecular weight excluding hydrogens is 234 g/mol. The molecule has 0 aliphatic carbocycles. The Kier molecular flexibility index (Phi) is 4.87. The summed E-state index contributed by atoms with van der Waals surface area (Å²) in [6, 6.07) is 6.67. The molecule has 1 N–H and O–H groups in total. The van der Waals surface area contributed by atoms with Gasteiger partial charge in [-0.15, -0.1) is 0 Å². The fraction of sp³-hybridized carbons (Fsp3) is 0.647. The Hall–Kier alpha value is -1.02. The molecule has 1 fully saturated rings. The standard InChI is InChI=1S/C17H27NO/c1-13(2)16-6-4-5-14(3)17(16)18-10-7-15(8-11-18)9-12-19/h4-6,13,15,19H,7-12H2,1-3H3. The summed E-state index contributed by atoms with van der Waals surface area (Å²) >= 11 is 0. The predicted octanol–water partition coefficient (Wildman–Crippen LogP) is 3.72. The van der Waals surface area contributed by atoms with Crippen molar-refractivity contribution in [2.45, 2.75) is 46.0 Å². The highest BCUT2D eigenvalue weighted by atomic mass is 16.3. The van der Waals surface area contributed by atoms with Crippen molar-refractivity contribution in [2.75, 3.05) is 24.6 Å². The van der Waals surface area contributed by atoms with E-state index in [4.69, 9.17) is 5.11 Å². The Morgan fingerprint density at radius 2 is 1.95 bits per heavy atom. The van der Waals surface area contributed by atoms with Gasteiger partial charge in [0.05, 0.1) is 0 Å². The van der Waals surface area contributed by atoms with Crippen LogP contribution in [0.4, 0.5) is 5.69 Å². The first-order chi connectivity index (χ1) is 9.13. The van der Waals surface area contributed by atoms with Crippen LogP contribution in [0.25, 0.3) is 0 Å². The molecule has 19 heavy (non-hydrogen) atoms. The molecule has 1 aromatic carbocycles. The number of aliphatic hydroxyl groups excluding tert-OH is 1. The maximum Gasteiger partial charge on any atom is 0.0433 e. The molecule has 0 atom stereocenters. The van der Waals surface area contributed by atoms with Crippen LogP contribution < -0.4 is 4.90 Å². The summed E-state index contributed by atoms with van der Waals surface area (Å²) in [5, 5.41) is 9.05. The third-order valence-corrected chi connectivity index (χ3v) is 4.36. The number of para-hydroxylation sites is 1. The molecule has 2 nitrogen and oxygen atoms in total. The van der Waals surface area contributed by atoms with Gasteiger partial charge in [-0.1, -0.05) is 32.0 Å². The van der Waals surface area contributed by atoms with Gasteiger partial charge < -0.3 is 10.0 Å². The number of hydrogen-bond acceptors (Lipinski definition) is 2. The number of aliphatic hydroxyl groups is 1. The maximum absolute atomic E-state index is 9.05. The number of anilines is 1. The van der Waals surface area contributed by atoms with Crippen molar-refractivity contribution >= 4 is 5.69 Å². The molecule has 0 aromatic heterocycles. The molecule has 1 aliphatic heterocycles. The van der Waals surface area contributed by atoms with Gasteiger partial charge in [0.1, 0.15) is 0 Å². The molecule has 1 saturated heterocycles. The van der Waals surface area contributed by atoms with Crippen molar-refractivity contribution in [1.82, 2.24) is 0 Å². The van der Waals surface area contributed by atoms with E-state index >= 15 is 0 Å². The van der Waals surface area contributed by atoms with E-state index in [-0.39, 0.29) is 0 Å². The average molecular weight is 261 g/mol. The first kappa shape index (κ1) is 14.4. The molecule has 0 bridgehead atoms. The summed E-state index contributed by atoms with van der Waals surface area (Å²) < 4.78 is 0. The minimum Gasteiger partial charge on any atom is -0.396 e. The molecule has 1 aliphatic rings. The van der Waals surface area contributed by atoms with E-state index in [0.29, 0.717) is 18.4 Å². The van der Waals surface area contributed by atoms with Crippen molar-refractivity contribution in [3.8, 4) is 0 Å². The zero-order chi connectivity index (χ0) is 13.8. The monoisotopic (exact) mass is 261 g/mol. The van der Waals surface area contributed by atoms with E-state index in [1.54, 1.807) is 0 Å². The normalized spacial score (nSPS) is 17.2. The lowest BCUT2D eigenvalue weighted by Gasteiger charge is -2.36. The van der Waals surface area contributed by atoms with Gasteiger partial charge in [-0.05, 0) is 49.1 Å². The molecule has 2 rings (SSSR count). The molecule has 2 heteroatoms. The Morgan fingerprint density at radius 3 is 2.53 bits per heavy atom. The molecule has 0 amide bonds. The smallest absolute Gasteiger partial charge is 0.0433 e. The van der Waals surface area contributed by atoms with Crippen molar-refractivity contribution in [3.63, 3.8) is 0 Å². The zero-order valence-corrected chi connectivity index (χ0v) is 12.5. The van der Waals surface area contributed by atoms with Crippen LogP contribution in [-0.4, -0.2) is 24.8 Å². The molecular formula is C17H27NO. The number of rotatable bonds is 4. The van der Waals surface area contributed by atoms with Gasteiger partial charge in [-0.3, -0.25) is 0 Å². The van der Waals surface area contributed by atoms with Gasteiger partial charge in [0, 0.05) is 25.4 Å². The Bertz CT molecular complexity index is 406. The van der Waals surface area contributed by atoms with E-state index in [0.717, 1.165) is 19.5 Å². The SMILES string of the molecule is Cc1cccc(C(C)C)c1N1CCC(CCO)CC1. The Morgan fingerprint density at radius 1 is 1.26 bits per heavy atom. The second-order valence-corrected chi connectivity index (χ2v) is 6.11. The van der Waals surface area contributed by atoms with Crippen molar-refractivity contribution < 1.29 is 5.11 Å². The van der Waals surface area contributed by atoms with Crippen LogP contribution in [0.2, 0.25) is 0 Å². The summed E-state index contributed by atoms with van der Waals surface area (Å²) in [5.74, 6) is 1.29. The van der Waals surface area contributed by atoms with Gasteiger partial charge in [-0.25, -0.2) is 0 Å². The molecule has 0 radical (unpaired) electrons. The van der Waals surface area contributed by atoms with E-state index in [1.165, 1.54) is 29.7 Å². The van der Waals surface area contributed by atoms with E-state index in [2.05, 4.69) is 43.9 Å². The van der Waals surface area contributed by atoms with Crippen molar-refractivity contribution in [1.29, 1.82) is 0 Å². The molecule has 0 saturated carbocycles. The number of nitrogens with zero attached hydrogens (tertiary/aromatic N) is 1. The number of piperidine rings is 1. The highest BCUT2D eigenvalue weighted by Crippen LogP contribution is 2.33. The predicted molar refractivity (Wildman–Crippen MR) is 81.9 cm³/mol. The molecule has 1 aromatic rings. The van der Waals surface area contributed by atoms with Crippen molar-refractivity contribution in [2.24, 2.45) is 5.92 Å². The lowest BCUT2D eigenvalue weighted by Crippen LogP contribution is -2.35. The fourth-order valence-electron chi connectivity index (χ4n) is 3.21. The van der Waals surface area contributed by atoms with Crippen LogP contribution in [0.1, 0.15) is 50.2 Å². The van der Waals surface area contributed by atoms with Gasteiger partial charge in [-0.2, -0.15) is 0 Å². The number of aryl methyl sites for hydroxylation is 1. The van der Waals surface area contributed by atoms with Gasteiger partial charge >= 0.3 is 0 Å². The summed E-state index contributed by atoms with van der Waals surface area (Å²) in [6.07, 6.45) is 3.40. The lowest BCUT2D eigenvalue weighted by molar-refractivity contribution is 0.240. The van der Waals surface area contributed by atoms with E-state index in [9.17, 15) is 0 Å². The van der Waals surface area contributed by atoms with Crippen LogP contribution in [0.5, 0.6) is 0 Å². The van der Waals surface area contributed by atoms with Crippen LogP contribution in [0.3, 0.4) is 0 Å². The van der Waals surface area contributed by atoms with E-state index in [1.807, 2.05) is 0 Å². The number of hydrogen-bond donors (Lipinski definition) is 1. The minimum absolute atomic E-state index is 0.340. The summed E-state index contributed by atoms with van der Waals surface area (Å²) in [5.41, 5.74) is 4.33. The first-order valence-corrected chi connectivity index (χ1v) is 7.58. The molecule has 1 heterocycles. The lowest BCUT2D eigenvalue weighted by atomic mass is 9.91. The quantitative estimate of drug-likeness (QED) is 0.893. The van der Waals surface area contributed by atoms with Crippen LogP contribution in [0.15, 0.2) is 18.2 Å². The highest BCUT2D eigenvalue weighted by molar-refractivity contribution is 5.60. The van der Waals surface area contributed by atoms with Crippen LogP contribution in [0, 0.1) is 12.8 Å². The van der Waals surface area contributed by atoms with Gasteiger partial charge in [0.15, 0.2) is 0 Å². The van der Waals surface area contributed by atoms with Crippen LogP contribution in [-0.2, 0) is 0 Å². The summed E-state index contributed by atoms with van der Waals surface area (Å²) in [6.45, 7) is 9.38. The van der Waals surface area contributed by atoms with Crippen LogP contribution >= 0.6 is 0 Å². The Balaban J connectivity index is 2.15. The van der Waals surface area contributed by atoms with Gasteiger partial charge in [0.2, 0.25) is 0 Å². The minimum atomic E-state index is 0.340. The molecule has 106 valence electrons. The Labute approximate surface area is 117 Å². The van der Waals surface area contributed by atoms with E-state index < -0.39 is 0 Å². The average Bonchev–Trinajstić information content (AvgIpc) is 2.40. The largest absolute Gasteiger partial charge is 0.396 e. The first-order valence-electron chi connectivity index (χ1n) is 7.58. The maximum atomic E-state index is 9.05. The fourth-order valence-corrected chi connectivity index (χ4v) is 3.21. The summed E-state index contributed by atoms with van der Waals surface area (Å²) in [7, 11) is 0. The van der Waals surface area contributed by atoms with Gasteiger partial charge in [0.25, 0.3) is 0 Å². The third kappa shape index (κ3) is 3.30. The molecule has 0 unspecified atom stereocenters. The molecule has 0 spiro atoms. The number of benzene rings is 1. The second kappa shape index (κ2) is 6.42. The van der Waals surface area contributed by atoms with Crippen molar-refractivity contribution in [3.05, 3.63) is 29.3 Å². The highest BCUT2D eigenvalue weighted by Gasteiger charge is 2.22. The third-order valence-electron chi connectivity index (χ3n) is 4.36. The zero-order valence-electron chi connectivity index (χ0n) is 12.5.